The zero-order valence-electron chi connectivity index (χ0n) is 11.1. The highest BCUT2D eigenvalue weighted by Crippen LogP contribution is 2.30. The molecule has 2 rings (SSSR count). The Bertz CT molecular complexity index is 249. The van der Waals surface area contributed by atoms with E-state index < -0.39 is 0 Å². The summed E-state index contributed by atoms with van der Waals surface area (Å²) in [6, 6.07) is 0.159. The number of likely N-dealkylation sites (tertiary alicyclic amines) is 1. The zero-order valence-corrected chi connectivity index (χ0v) is 11.1. The Morgan fingerprint density at radius 2 is 2.00 bits per heavy atom. The van der Waals surface area contributed by atoms with E-state index in [2.05, 4.69) is 12.2 Å². The van der Waals surface area contributed by atoms with Gasteiger partial charge < -0.3 is 10.2 Å². The van der Waals surface area contributed by atoms with Crippen LogP contribution in [0.5, 0.6) is 0 Å². The molecule has 3 nitrogen and oxygen atoms in total. The van der Waals surface area contributed by atoms with Gasteiger partial charge in [-0.3, -0.25) is 0 Å². The molecule has 1 aliphatic heterocycles. The molecular weight excluding hydrogens is 212 g/mol. The first-order chi connectivity index (χ1) is 8.25. The fourth-order valence-electron chi connectivity index (χ4n) is 3.24. The lowest BCUT2D eigenvalue weighted by Gasteiger charge is -2.27. The summed E-state index contributed by atoms with van der Waals surface area (Å²) in [6.45, 7) is 5.13. The summed E-state index contributed by atoms with van der Waals surface area (Å²) in [7, 11) is 0. The van der Waals surface area contributed by atoms with E-state index in [1.165, 1.54) is 44.9 Å². The lowest BCUT2D eigenvalue weighted by Crippen LogP contribution is -2.38. The van der Waals surface area contributed by atoms with E-state index in [-0.39, 0.29) is 6.03 Å². The fourth-order valence-corrected chi connectivity index (χ4v) is 3.24. The third kappa shape index (κ3) is 3.90. The minimum Gasteiger partial charge on any atom is -0.338 e. The van der Waals surface area contributed by atoms with Gasteiger partial charge in [0.25, 0.3) is 0 Å². The lowest BCUT2D eigenvalue weighted by atomic mass is 9.81. The fraction of sp³-hybridized carbons (Fsp3) is 0.929. The van der Waals surface area contributed by atoms with Gasteiger partial charge in [0.15, 0.2) is 0 Å². The van der Waals surface area contributed by atoms with Crippen molar-refractivity contribution in [2.75, 3.05) is 19.6 Å². The maximum atomic E-state index is 11.8. The molecule has 2 unspecified atom stereocenters. The number of hydrogen-bond donors (Lipinski definition) is 1. The second-order valence-electron chi connectivity index (χ2n) is 5.85. The predicted octanol–water partition coefficient (Wildman–Crippen LogP) is 3.01. The highest BCUT2D eigenvalue weighted by molar-refractivity contribution is 5.74. The van der Waals surface area contributed by atoms with Crippen molar-refractivity contribution < 1.29 is 4.79 Å². The molecule has 0 radical (unpaired) electrons. The maximum Gasteiger partial charge on any atom is 0.317 e. The van der Waals surface area contributed by atoms with Crippen LogP contribution in [0.15, 0.2) is 0 Å². The van der Waals surface area contributed by atoms with Crippen molar-refractivity contribution in [3.8, 4) is 0 Å². The Balaban J connectivity index is 1.60. The minimum absolute atomic E-state index is 0.159. The van der Waals surface area contributed by atoms with Gasteiger partial charge in [0.05, 0.1) is 0 Å². The Morgan fingerprint density at radius 3 is 2.71 bits per heavy atom. The number of nitrogens with one attached hydrogen (secondary N) is 1. The molecule has 0 bridgehead atoms. The predicted molar refractivity (Wildman–Crippen MR) is 69.9 cm³/mol. The minimum atomic E-state index is 0.159. The van der Waals surface area contributed by atoms with E-state index in [1.807, 2.05) is 4.90 Å². The number of hydrogen-bond acceptors (Lipinski definition) is 1. The van der Waals surface area contributed by atoms with E-state index in [0.29, 0.717) is 0 Å². The van der Waals surface area contributed by atoms with Gasteiger partial charge in [0.1, 0.15) is 0 Å². The van der Waals surface area contributed by atoms with Crippen molar-refractivity contribution in [3.05, 3.63) is 0 Å². The number of urea groups is 1. The zero-order chi connectivity index (χ0) is 12.1. The highest BCUT2D eigenvalue weighted by atomic mass is 16.2. The summed E-state index contributed by atoms with van der Waals surface area (Å²) >= 11 is 0. The second kappa shape index (κ2) is 6.27. The van der Waals surface area contributed by atoms with E-state index in [0.717, 1.165) is 31.5 Å². The van der Waals surface area contributed by atoms with E-state index in [1.54, 1.807) is 0 Å². The van der Waals surface area contributed by atoms with Crippen LogP contribution in [0.25, 0.3) is 0 Å². The first-order valence-corrected chi connectivity index (χ1v) is 7.28. The molecule has 0 spiro atoms. The molecule has 2 fully saturated rings. The van der Waals surface area contributed by atoms with Gasteiger partial charge in [-0.2, -0.15) is 0 Å². The quantitative estimate of drug-likeness (QED) is 0.805. The van der Waals surface area contributed by atoms with E-state index >= 15 is 0 Å². The standard InChI is InChI=1S/C14H26N2O/c1-12-5-4-6-13(11-12)7-8-15-14(17)16-9-2-3-10-16/h12-13H,2-11H2,1H3,(H,15,17). The molecule has 1 heterocycles. The number of nitrogens with zero attached hydrogens (tertiary/aromatic N) is 1. The molecule has 1 saturated heterocycles. The average molecular weight is 238 g/mol. The first kappa shape index (κ1) is 12.7. The Hall–Kier alpha value is -0.730. The summed E-state index contributed by atoms with van der Waals surface area (Å²) in [4.78, 5) is 13.7. The van der Waals surface area contributed by atoms with Gasteiger partial charge in [-0.05, 0) is 37.5 Å². The maximum absolute atomic E-state index is 11.8. The van der Waals surface area contributed by atoms with Crippen molar-refractivity contribution in [2.24, 2.45) is 11.8 Å². The van der Waals surface area contributed by atoms with Crippen LogP contribution in [-0.4, -0.2) is 30.6 Å². The summed E-state index contributed by atoms with van der Waals surface area (Å²) in [6.07, 6.45) is 9.02. The Labute approximate surface area is 105 Å². The Kier molecular flexibility index (Phi) is 4.69. The second-order valence-corrected chi connectivity index (χ2v) is 5.85. The number of carbonyl (C=O) groups is 1. The van der Waals surface area contributed by atoms with Crippen LogP contribution >= 0.6 is 0 Å². The van der Waals surface area contributed by atoms with Crippen LogP contribution in [0.4, 0.5) is 4.79 Å². The molecule has 1 aliphatic carbocycles. The molecule has 2 aliphatic rings. The SMILES string of the molecule is CC1CCCC(CCNC(=O)N2CCCC2)C1. The van der Waals surface area contributed by atoms with Crippen molar-refractivity contribution in [2.45, 2.75) is 51.9 Å². The van der Waals surface area contributed by atoms with Gasteiger partial charge >= 0.3 is 6.03 Å². The summed E-state index contributed by atoms with van der Waals surface area (Å²) in [5, 5.41) is 3.07. The molecule has 2 amide bonds. The van der Waals surface area contributed by atoms with E-state index in [4.69, 9.17) is 0 Å². The van der Waals surface area contributed by atoms with Crippen LogP contribution in [-0.2, 0) is 0 Å². The molecule has 98 valence electrons. The Morgan fingerprint density at radius 1 is 1.24 bits per heavy atom. The summed E-state index contributed by atoms with van der Waals surface area (Å²) in [5.41, 5.74) is 0. The molecule has 2 atom stereocenters. The average Bonchev–Trinajstić information content (AvgIpc) is 2.82. The normalized spacial score (nSPS) is 29.4. The van der Waals surface area contributed by atoms with Crippen LogP contribution in [0.1, 0.15) is 51.9 Å². The van der Waals surface area contributed by atoms with Gasteiger partial charge in [0, 0.05) is 19.6 Å². The largest absolute Gasteiger partial charge is 0.338 e. The molecule has 17 heavy (non-hydrogen) atoms. The van der Waals surface area contributed by atoms with Gasteiger partial charge in [-0.25, -0.2) is 4.79 Å². The molecule has 1 N–H and O–H groups in total. The van der Waals surface area contributed by atoms with Gasteiger partial charge in [-0.15, -0.1) is 0 Å². The van der Waals surface area contributed by atoms with Crippen molar-refractivity contribution in [1.82, 2.24) is 10.2 Å². The number of carbonyl (C=O) groups excluding carboxylic acids is 1. The molecule has 3 heteroatoms. The molecule has 1 saturated carbocycles. The molecule has 0 aromatic carbocycles. The molecular formula is C14H26N2O. The third-order valence-electron chi connectivity index (χ3n) is 4.27. The smallest absolute Gasteiger partial charge is 0.317 e. The van der Waals surface area contributed by atoms with Gasteiger partial charge in [-0.1, -0.05) is 26.2 Å². The summed E-state index contributed by atoms with van der Waals surface area (Å²) < 4.78 is 0. The van der Waals surface area contributed by atoms with Crippen LogP contribution in [0.3, 0.4) is 0 Å². The molecule has 0 aromatic heterocycles. The van der Waals surface area contributed by atoms with Crippen molar-refractivity contribution in [3.63, 3.8) is 0 Å². The highest BCUT2D eigenvalue weighted by Gasteiger charge is 2.20. The first-order valence-electron chi connectivity index (χ1n) is 7.28. The van der Waals surface area contributed by atoms with Gasteiger partial charge in [0.2, 0.25) is 0 Å². The van der Waals surface area contributed by atoms with Crippen molar-refractivity contribution >= 4 is 6.03 Å². The van der Waals surface area contributed by atoms with Crippen LogP contribution in [0.2, 0.25) is 0 Å². The summed E-state index contributed by atoms with van der Waals surface area (Å²) in [5.74, 6) is 1.74. The monoisotopic (exact) mass is 238 g/mol. The van der Waals surface area contributed by atoms with Crippen LogP contribution in [0, 0.1) is 11.8 Å². The van der Waals surface area contributed by atoms with Crippen molar-refractivity contribution in [1.29, 1.82) is 0 Å². The lowest BCUT2D eigenvalue weighted by molar-refractivity contribution is 0.206. The molecule has 0 aromatic rings. The van der Waals surface area contributed by atoms with E-state index in [9.17, 15) is 4.79 Å². The number of amides is 2. The number of rotatable bonds is 3. The third-order valence-corrected chi connectivity index (χ3v) is 4.27. The van der Waals surface area contributed by atoms with Crippen LogP contribution < -0.4 is 5.32 Å². The topological polar surface area (TPSA) is 32.3 Å².